The van der Waals surface area contributed by atoms with E-state index in [1.165, 1.54) is 11.3 Å². The number of carbonyl (C=O) groups excluding carboxylic acids is 1. The van der Waals surface area contributed by atoms with Gasteiger partial charge in [0, 0.05) is 16.7 Å². The van der Waals surface area contributed by atoms with E-state index in [9.17, 15) is 4.79 Å². The van der Waals surface area contributed by atoms with Gasteiger partial charge >= 0.3 is 0 Å². The number of ether oxygens (including phenoxy) is 1. The molecule has 0 saturated carbocycles. The van der Waals surface area contributed by atoms with E-state index in [4.69, 9.17) is 27.4 Å². The Bertz CT molecular complexity index is 678. The van der Waals surface area contributed by atoms with Gasteiger partial charge in [-0.25, -0.2) is 5.84 Å². The number of rotatable bonds is 4. The number of amides is 1. The van der Waals surface area contributed by atoms with Crippen LogP contribution in [-0.4, -0.2) is 5.91 Å². The van der Waals surface area contributed by atoms with Crippen molar-refractivity contribution in [2.75, 3.05) is 0 Å². The summed E-state index contributed by atoms with van der Waals surface area (Å²) in [5.41, 5.74) is 3.16. The van der Waals surface area contributed by atoms with Crippen LogP contribution < -0.4 is 16.0 Å². The van der Waals surface area contributed by atoms with Crippen molar-refractivity contribution in [3.8, 4) is 11.8 Å². The van der Waals surface area contributed by atoms with Crippen molar-refractivity contribution in [1.29, 1.82) is 5.26 Å². The molecule has 0 unspecified atom stereocenters. The number of hydrogen-bond acceptors (Lipinski definition) is 5. The van der Waals surface area contributed by atoms with Crippen LogP contribution in [0.15, 0.2) is 29.6 Å². The Morgan fingerprint density at radius 3 is 3.00 bits per heavy atom. The van der Waals surface area contributed by atoms with Crippen LogP contribution in [0.25, 0.3) is 0 Å². The second-order valence-corrected chi connectivity index (χ2v) is 5.14. The fourth-order valence-corrected chi connectivity index (χ4v) is 2.55. The van der Waals surface area contributed by atoms with Crippen LogP contribution in [0.5, 0.6) is 5.75 Å². The van der Waals surface area contributed by atoms with Crippen LogP contribution >= 0.6 is 22.9 Å². The van der Waals surface area contributed by atoms with E-state index in [-0.39, 0.29) is 12.5 Å². The first-order valence-electron chi connectivity index (χ1n) is 5.55. The third-order valence-corrected chi connectivity index (χ3v) is 3.72. The van der Waals surface area contributed by atoms with Crippen LogP contribution in [0.2, 0.25) is 5.02 Å². The summed E-state index contributed by atoms with van der Waals surface area (Å²) in [4.78, 5) is 12.0. The first kappa shape index (κ1) is 14.3. The third kappa shape index (κ3) is 3.08. The van der Waals surface area contributed by atoms with E-state index < -0.39 is 0 Å². The molecule has 1 aromatic carbocycles. The number of nitrogens with one attached hydrogen (secondary N) is 1. The Labute approximate surface area is 124 Å². The van der Waals surface area contributed by atoms with Crippen molar-refractivity contribution in [3.63, 3.8) is 0 Å². The second-order valence-electron chi connectivity index (χ2n) is 3.79. The molecule has 1 aromatic heterocycles. The Morgan fingerprint density at radius 1 is 1.50 bits per heavy atom. The number of nitrogens with two attached hydrogens (primary N) is 1. The van der Waals surface area contributed by atoms with E-state index in [1.54, 1.807) is 29.6 Å². The molecule has 102 valence electrons. The largest absolute Gasteiger partial charge is 0.487 e. The molecule has 0 aliphatic carbocycles. The zero-order chi connectivity index (χ0) is 14.5. The van der Waals surface area contributed by atoms with Crippen LogP contribution in [0.3, 0.4) is 0 Å². The van der Waals surface area contributed by atoms with Gasteiger partial charge in [0.15, 0.2) is 0 Å². The molecular formula is C13H10ClN3O2S. The summed E-state index contributed by atoms with van der Waals surface area (Å²) < 4.78 is 5.57. The molecular weight excluding hydrogens is 298 g/mol. The van der Waals surface area contributed by atoms with Crippen molar-refractivity contribution in [2.45, 2.75) is 6.61 Å². The smallest absolute Gasteiger partial charge is 0.275 e. The molecule has 7 heteroatoms. The summed E-state index contributed by atoms with van der Waals surface area (Å²) in [5.74, 6) is 5.12. The van der Waals surface area contributed by atoms with Gasteiger partial charge in [0.2, 0.25) is 0 Å². The number of nitriles is 1. The highest BCUT2D eigenvalue weighted by Gasteiger charge is 2.13. The van der Waals surface area contributed by atoms with E-state index in [1.807, 2.05) is 6.07 Å². The lowest BCUT2D eigenvalue weighted by molar-refractivity contribution is 0.0955. The maximum atomic E-state index is 11.5. The lowest BCUT2D eigenvalue weighted by atomic mass is 10.2. The van der Waals surface area contributed by atoms with Crippen LogP contribution in [0.1, 0.15) is 20.8 Å². The summed E-state index contributed by atoms with van der Waals surface area (Å²) in [5, 5.41) is 11.2. The van der Waals surface area contributed by atoms with Gasteiger partial charge in [-0.3, -0.25) is 10.2 Å². The van der Waals surface area contributed by atoms with Crippen molar-refractivity contribution >= 4 is 28.8 Å². The molecule has 5 nitrogen and oxygen atoms in total. The van der Waals surface area contributed by atoms with E-state index in [0.717, 1.165) is 0 Å². The minimum atomic E-state index is -0.370. The first-order valence-corrected chi connectivity index (χ1v) is 6.81. The van der Waals surface area contributed by atoms with Gasteiger partial charge in [0.25, 0.3) is 5.91 Å². The average Bonchev–Trinajstić information content (AvgIpc) is 2.92. The normalized spacial score (nSPS) is 9.85. The van der Waals surface area contributed by atoms with E-state index >= 15 is 0 Å². The minimum absolute atomic E-state index is 0.154. The SMILES string of the molecule is N#Cc1ccc(Cl)cc1OCc1ccsc1C(=O)NN. The third-order valence-electron chi connectivity index (χ3n) is 2.53. The van der Waals surface area contributed by atoms with Gasteiger partial charge in [-0.15, -0.1) is 11.3 Å². The van der Waals surface area contributed by atoms with Crippen LogP contribution in [-0.2, 0) is 6.61 Å². The Morgan fingerprint density at radius 2 is 2.30 bits per heavy atom. The molecule has 1 heterocycles. The summed E-state index contributed by atoms with van der Waals surface area (Å²) >= 11 is 7.14. The quantitative estimate of drug-likeness (QED) is 0.516. The molecule has 1 amide bonds. The Hall–Kier alpha value is -2.07. The van der Waals surface area contributed by atoms with Crippen molar-refractivity contribution < 1.29 is 9.53 Å². The first-order chi connectivity index (χ1) is 9.65. The van der Waals surface area contributed by atoms with Gasteiger partial charge in [-0.05, 0) is 23.6 Å². The highest BCUT2D eigenvalue weighted by atomic mass is 35.5. The molecule has 0 radical (unpaired) electrons. The summed E-state index contributed by atoms with van der Waals surface area (Å²) in [6, 6.07) is 8.55. The minimum Gasteiger partial charge on any atom is -0.487 e. The second kappa shape index (κ2) is 6.39. The zero-order valence-corrected chi connectivity index (χ0v) is 11.8. The van der Waals surface area contributed by atoms with Crippen molar-refractivity contribution in [1.82, 2.24) is 5.43 Å². The number of hydrogen-bond donors (Lipinski definition) is 2. The number of nitrogen functional groups attached to an aromatic ring is 1. The standard InChI is InChI=1S/C13H10ClN3O2S/c14-10-2-1-8(6-15)11(5-10)19-7-9-3-4-20-12(9)13(18)17-16/h1-5H,7,16H2,(H,17,18). The van der Waals surface area contributed by atoms with Crippen LogP contribution in [0.4, 0.5) is 0 Å². The lowest BCUT2D eigenvalue weighted by Crippen LogP contribution is -2.30. The molecule has 2 rings (SSSR count). The monoisotopic (exact) mass is 307 g/mol. The highest BCUT2D eigenvalue weighted by molar-refractivity contribution is 7.12. The Balaban J connectivity index is 2.18. The molecule has 0 aliphatic heterocycles. The summed E-state index contributed by atoms with van der Waals surface area (Å²) in [6.07, 6.45) is 0. The number of benzene rings is 1. The molecule has 0 atom stereocenters. The van der Waals surface area contributed by atoms with Gasteiger partial charge in [0.05, 0.1) is 10.4 Å². The van der Waals surface area contributed by atoms with Gasteiger partial charge in [-0.1, -0.05) is 11.6 Å². The highest BCUT2D eigenvalue weighted by Crippen LogP contribution is 2.25. The number of thiophene rings is 1. The average molecular weight is 308 g/mol. The number of halogens is 1. The molecule has 0 saturated heterocycles. The van der Waals surface area contributed by atoms with E-state index in [0.29, 0.717) is 26.8 Å². The molecule has 0 fully saturated rings. The molecule has 0 bridgehead atoms. The summed E-state index contributed by atoms with van der Waals surface area (Å²) in [6.45, 7) is 0.154. The lowest BCUT2D eigenvalue weighted by Gasteiger charge is -2.08. The molecule has 0 spiro atoms. The maximum Gasteiger partial charge on any atom is 0.275 e. The predicted octanol–water partition coefficient (Wildman–Crippen LogP) is 2.46. The molecule has 2 aromatic rings. The maximum absolute atomic E-state index is 11.5. The summed E-state index contributed by atoms with van der Waals surface area (Å²) in [7, 11) is 0. The number of nitrogens with zero attached hydrogens (tertiary/aromatic N) is 1. The van der Waals surface area contributed by atoms with Crippen molar-refractivity contribution in [2.24, 2.45) is 5.84 Å². The molecule has 3 N–H and O–H groups in total. The number of carbonyl (C=O) groups is 1. The number of hydrazine groups is 1. The van der Waals surface area contributed by atoms with Crippen molar-refractivity contribution in [3.05, 3.63) is 50.7 Å². The van der Waals surface area contributed by atoms with Gasteiger partial charge in [-0.2, -0.15) is 5.26 Å². The predicted molar refractivity (Wildman–Crippen MR) is 76.5 cm³/mol. The van der Waals surface area contributed by atoms with E-state index in [2.05, 4.69) is 5.43 Å². The van der Waals surface area contributed by atoms with Crippen LogP contribution in [0, 0.1) is 11.3 Å². The topological polar surface area (TPSA) is 88.1 Å². The molecule has 20 heavy (non-hydrogen) atoms. The fraction of sp³-hybridized carbons (Fsp3) is 0.0769. The van der Waals surface area contributed by atoms with Gasteiger partial charge < -0.3 is 4.74 Å². The Kier molecular flexibility index (Phi) is 4.58. The zero-order valence-electron chi connectivity index (χ0n) is 10.2. The van der Waals surface area contributed by atoms with Gasteiger partial charge in [0.1, 0.15) is 18.4 Å². The molecule has 0 aliphatic rings. The fourth-order valence-electron chi connectivity index (χ4n) is 1.58.